The molecule has 0 radical (unpaired) electrons. The summed E-state index contributed by atoms with van der Waals surface area (Å²) in [5, 5.41) is 3.73. The van der Waals surface area contributed by atoms with Crippen LogP contribution in [0, 0.1) is 6.92 Å². The number of benzene rings is 2. The van der Waals surface area contributed by atoms with E-state index in [9.17, 15) is 0 Å². The molecule has 5 heteroatoms. The minimum atomic E-state index is 0.124. The molecule has 1 aliphatic heterocycles. The predicted molar refractivity (Wildman–Crippen MR) is 122 cm³/mol. The van der Waals surface area contributed by atoms with Crippen molar-refractivity contribution in [2.24, 2.45) is 0 Å². The molecule has 5 nitrogen and oxygen atoms in total. The van der Waals surface area contributed by atoms with E-state index in [-0.39, 0.29) is 6.04 Å². The lowest BCUT2D eigenvalue weighted by atomic mass is 9.85. The van der Waals surface area contributed by atoms with Crippen molar-refractivity contribution in [3.05, 3.63) is 52.1 Å². The van der Waals surface area contributed by atoms with Gasteiger partial charge in [0, 0.05) is 13.1 Å². The molecule has 0 saturated carbocycles. The summed E-state index contributed by atoms with van der Waals surface area (Å²) >= 11 is 0. The zero-order valence-corrected chi connectivity index (χ0v) is 19.5. The Kier molecular flexibility index (Phi) is 7.27. The Hall–Kier alpha value is -2.24. The average molecular weight is 413 g/mol. The number of ether oxygens (including phenoxy) is 3. The van der Waals surface area contributed by atoms with Crippen LogP contribution < -0.4 is 19.5 Å². The molecule has 2 aromatic rings. The molecule has 1 N–H and O–H groups in total. The highest BCUT2D eigenvalue weighted by molar-refractivity contribution is 5.54. The largest absolute Gasteiger partial charge is 0.496 e. The minimum absolute atomic E-state index is 0.124. The van der Waals surface area contributed by atoms with Crippen LogP contribution >= 0.6 is 0 Å². The van der Waals surface area contributed by atoms with Gasteiger partial charge in [-0.3, -0.25) is 0 Å². The number of nitrogens with one attached hydrogen (secondary N) is 1. The summed E-state index contributed by atoms with van der Waals surface area (Å²) in [6.07, 6.45) is 0.979. The van der Waals surface area contributed by atoms with Gasteiger partial charge in [-0.1, -0.05) is 13.8 Å². The van der Waals surface area contributed by atoms with Gasteiger partial charge in [-0.25, -0.2) is 0 Å². The fourth-order valence-corrected chi connectivity index (χ4v) is 4.11. The van der Waals surface area contributed by atoms with Gasteiger partial charge in [-0.05, 0) is 85.4 Å². The van der Waals surface area contributed by atoms with Gasteiger partial charge in [0.1, 0.15) is 12.4 Å². The molecule has 0 fully saturated rings. The van der Waals surface area contributed by atoms with Crippen molar-refractivity contribution in [3.63, 3.8) is 0 Å². The molecular formula is C25H36N2O3. The second kappa shape index (κ2) is 9.71. The van der Waals surface area contributed by atoms with E-state index in [4.69, 9.17) is 14.2 Å². The summed E-state index contributed by atoms with van der Waals surface area (Å²) in [5.74, 6) is 2.97. The maximum Gasteiger partial charge on any atom is 0.161 e. The molecule has 0 aromatic heterocycles. The molecular weight excluding hydrogens is 376 g/mol. The quantitative estimate of drug-likeness (QED) is 0.700. The first-order valence-corrected chi connectivity index (χ1v) is 10.8. The summed E-state index contributed by atoms with van der Waals surface area (Å²) in [4.78, 5) is 2.11. The van der Waals surface area contributed by atoms with E-state index in [0.29, 0.717) is 12.5 Å². The van der Waals surface area contributed by atoms with Crippen molar-refractivity contribution < 1.29 is 14.2 Å². The number of hydrogen-bond donors (Lipinski definition) is 1. The lowest BCUT2D eigenvalue weighted by molar-refractivity contribution is 0.250. The number of nitrogens with zero attached hydrogens (tertiary/aromatic N) is 1. The Morgan fingerprint density at radius 3 is 2.37 bits per heavy atom. The first kappa shape index (κ1) is 22.4. The number of likely N-dealkylation sites (N-methyl/N-ethyl adjacent to an activating group) is 1. The van der Waals surface area contributed by atoms with Crippen LogP contribution in [0.15, 0.2) is 24.3 Å². The fourth-order valence-electron chi connectivity index (χ4n) is 4.11. The first-order chi connectivity index (χ1) is 14.3. The molecule has 0 amide bonds. The number of methoxy groups -OCH3 is 2. The van der Waals surface area contributed by atoms with E-state index in [0.717, 1.165) is 36.8 Å². The average Bonchev–Trinajstić information content (AvgIpc) is 2.72. The van der Waals surface area contributed by atoms with E-state index in [2.05, 4.69) is 55.3 Å². The van der Waals surface area contributed by atoms with Crippen LogP contribution in [0.25, 0.3) is 0 Å². The predicted octanol–water partition coefficient (Wildman–Crippen LogP) is 4.31. The standard InChI is InChI=1S/C25H36N2O3/c1-16(2)19-14-20(17(3)12-22(19)28-6)25-21-15-24(30-11-10-27(4)5)23(29-7)13-18(21)8-9-26-25/h12-16,25-26H,8-11H2,1-7H3. The second-order valence-corrected chi connectivity index (χ2v) is 8.60. The zero-order valence-electron chi connectivity index (χ0n) is 19.5. The maximum atomic E-state index is 6.10. The van der Waals surface area contributed by atoms with Crippen LogP contribution in [0.2, 0.25) is 0 Å². The van der Waals surface area contributed by atoms with Crippen molar-refractivity contribution in [3.8, 4) is 17.2 Å². The normalized spacial score (nSPS) is 16.0. The van der Waals surface area contributed by atoms with E-state index in [1.807, 2.05) is 14.1 Å². The van der Waals surface area contributed by atoms with E-state index in [1.165, 1.54) is 27.8 Å². The molecule has 0 bridgehead atoms. The highest BCUT2D eigenvalue weighted by Crippen LogP contribution is 2.40. The SMILES string of the molecule is COc1cc2c(cc1OCCN(C)C)C(c1cc(C(C)C)c(OC)cc1C)NCC2. The number of rotatable bonds is 8. The molecule has 164 valence electrons. The van der Waals surface area contributed by atoms with Gasteiger partial charge >= 0.3 is 0 Å². The van der Waals surface area contributed by atoms with Crippen molar-refractivity contribution in [1.29, 1.82) is 0 Å². The van der Waals surface area contributed by atoms with Crippen molar-refractivity contribution in [2.45, 2.75) is 39.2 Å². The molecule has 2 aromatic carbocycles. The van der Waals surface area contributed by atoms with Gasteiger partial charge in [-0.15, -0.1) is 0 Å². The van der Waals surface area contributed by atoms with Gasteiger partial charge in [0.15, 0.2) is 11.5 Å². The summed E-state index contributed by atoms with van der Waals surface area (Å²) in [7, 11) is 7.55. The Bertz CT molecular complexity index is 877. The Labute approximate surface area is 181 Å². The van der Waals surface area contributed by atoms with Gasteiger partial charge in [0.25, 0.3) is 0 Å². The number of aryl methyl sites for hydroxylation is 1. The van der Waals surface area contributed by atoms with E-state index < -0.39 is 0 Å². The maximum absolute atomic E-state index is 6.10. The van der Waals surface area contributed by atoms with Crippen LogP contribution in [0.4, 0.5) is 0 Å². The lowest BCUT2D eigenvalue weighted by Gasteiger charge is -2.30. The summed E-state index contributed by atoms with van der Waals surface area (Å²) < 4.78 is 17.4. The van der Waals surface area contributed by atoms with Crippen molar-refractivity contribution >= 4 is 0 Å². The summed E-state index contributed by atoms with van der Waals surface area (Å²) in [5.41, 5.74) is 6.35. The lowest BCUT2D eigenvalue weighted by Crippen LogP contribution is -2.31. The van der Waals surface area contributed by atoms with Crippen molar-refractivity contribution in [2.75, 3.05) is 48.0 Å². The van der Waals surface area contributed by atoms with Gasteiger partial charge in [0.2, 0.25) is 0 Å². The molecule has 1 atom stereocenters. The smallest absolute Gasteiger partial charge is 0.161 e. The number of fused-ring (bicyclic) bond motifs is 1. The highest BCUT2D eigenvalue weighted by atomic mass is 16.5. The number of hydrogen-bond acceptors (Lipinski definition) is 5. The van der Waals surface area contributed by atoms with E-state index in [1.54, 1.807) is 14.2 Å². The van der Waals surface area contributed by atoms with Crippen LogP contribution in [-0.4, -0.2) is 52.9 Å². The topological polar surface area (TPSA) is 43.0 Å². The molecule has 0 spiro atoms. The summed E-state index contributed by atoms with van der Waals surface area (Å²) in [6.45, 7) is 9.00. The highest BCUT2D eigenvalue weighted by Gasteiger charge is 2.26. The van der Waals surface area contributed by atoms with Gasteiger partial charge in [-0.2, -0.15) is 0 Å². The van der Waals surface area contributed by atoms with Gasteiger partial charge < -0.3 is 24.4 Å². The third kappa shape index (κ3) is 4.73. The summed E-state index contributed by atoms with van der Waals surface area (Å²) in [6, 6.07) is 8.91. The van der Waals surface area contributed by atoms with Crippen LogP contribution in [0.1, 0.15) is 53.6 Å². The molecule has 3 rings (SSSR count). The monoisotopic (exact) mass is 412 g/mol. The molecule has 0 aliphatic carbocycles. The van der Waals surface area contributed by atoms with Crippen LogP contribution in [0.3, 0.4) is 0 Å². The first-order valence-electron chi connectivity index (χ1n) is 10.8. The molecule has 1 unspecified atom stereocenters. The minimum Gasteiger partial charge on any atom is -0.496 e. The molecule has 0 saturated heterocycles. The van der Waals surface area contributed by atoms with E-state index >= 15 is 0 Å². The second-order valence-electron chi connectivity index (χ2n) is 8.60. The zero-order chi connectivity index (χ0) is 21.8. The van der Waals surface area contributed by atoms with Crippen LogP contribution in [0.5, 0.6) is 17.2 Å². The third-order valence-electron chi connectivity index (χ3n) is 5.83. The van der Waals surface area contributed by atoms with Crippen molar-refractivity contribution in [1.82, 2.24) is 10.2 Å². The van der Waals surface area contributed by atoms with Crippen LogP contribution in [-0.2, 0) is 6.42 Å². The fraction of sp³-hybridized carbons (Fsp3) is 0.520. The molecule has 30 heavy (non-hydrogen) atoms. The Balaban J connectivity index is 2.03. The molecule has 1 heterocycles. The molecule has 1 aliphatic rings. The Morgan fingerprint density at radius 1 is 1.00 bits per heavy atom. The van der Waals surface area contributed by atoms with Gasteiger partial charge in [0.05, 0.1) is 20.3 Å². The third-order valence-corrected chi connectivity index (χ3v) is 5.83. The Morgan fingerprint density at radius 2 is 1.73 bits per heavy atom.